The third-order valence-electron chi connectivity index (χ3n) is 2.96. The number of hydrogen-bond acceptors (Lipinski definition) is 3. The normalized spacial score (nSPS) is 12.1. The maximum atomic E-state index is 13.5. The second-order valence-corrected chi connectivity index (χ2v) is 4.19. The minimum absolute atomic E-state index is 0.0210. The third kappa shape index (κ3) is 3.20. The number of nitrogens with zero attached hydrogens (tertiary/aromatic N) is 1. The molecule has 0 aliphatic rings. The molecule has 4 nitrogen and oxygen atoms in total. The van der Waals surface area contributed by atoms with E-state index in [1.165, 1.54) is 19.2 Å². The van der Waals surface area contributed by atoms with Crippen LogP contribution in [0.5, 0.6) is 5.75 Å². The molecule has 100 valence electrons. The first-order valence-electron chi connectivity index (χ1n) is 5.82. The largest absolute Gasteiger partial charge is 0.494 e. The first-order valence-corrected chi connectivity index (χ1v) is 5.82. The van der Waals surface area contributed by atoms with Crippen LogP contribution in [-0.2, 0) is 0 Å². The summed E-state index contributed by atoms with van der Waals surface area (Å²) in [6.07, 6.45) is 0.709. The second kappa shape index (κ2) is 6.35. The van der Waals surface area contributed by atoms with Crippen molar-refractivity contribution in [2.24, 2.45) is 5.73 Å². The molecule has 1 amide bonds. The standard InChI is InChI=1S/C13H19FN2O2/c1-9(6-7-15)16(2)13(17)10-4-5-12(18-3)11(14)8-10/h4-5,8-9H,6-7,15H2,1-3H3. The molecule has 1 unspecified atom stereocenters. The molecule has 0 radical (unpaired) electrons. The Kier molecular flexibility index (Phi) is 5.09. The van der Waals surface area contributed by atoms with Crippen molar-refractivity contribution in [1.82, 2.24) is 4.90 Å². The van der Waals surface area contributed by atoms with E-state index >= 15 is 0 Å². The van der Waals surface area contributed by atoms with Crippen molar-refractivity contribution >= 4 is 5.91 Å². The van der Waals surface area contributed by atoms with Crippen LogP contribution in [0.2, 0.25) is 0 Å². The molecule has 1 aromatic carbocycles. The van der Waals surface area contributed by atoms with Crippen molar-refractivity contribution in [2.45, 2.75) is 19.4 Å². The minimum atomic E-state index is -0.539. The summed E-state index contributed by atoms with van der Waals surface area (Å²) in [7, 11) is 3.07. The van der Waals surface area contributed by atoms with Gasteiger partial charge in [-0.3, -0.25) is 4.79 Å². The molecular formula is C13H19FN2O2. The highest BCUT2D eigenvalue weighted by molar-refractivity contribution is 5.94. The summed E-state index contributed by atoms with van der Waals surface area (Å²) in [4.78, 5) is 13.7. The van der Waals surface area contributed by atoms with E-state index in [0.29, 0.717) is 18.5 Å². The van der Waals surface area contributed by atoms with E-state index < -0.39 is 5.82 Å². The maximum Gasteiger partial charge on any atom is 0.253 e. The van der Waals surface area contributed by atoms with Crippen molar-refractivity contribution in [2.75, 3.05) is 20.7 Å². The minimum Gasteiger partial charge on any atom is -0.494 e. The molecule has 1 atom stereocenters. The quantitative estimate of drug-likeness (QED) is 0.869. The molecule has 0 aliphatic heterocycles. The number of hydrogen-bond donors (Lipinski definition) is 1. The highest BCUT2D eigenvalue weighted by Gasteiger charge is 2.18. The van der Waals surface area contributed by atoms with Gasteiger partial charge in [-0.25, -0.2) is 4.39 Å². The van der Waals surface area contributed by atoms with E-state index in [0.717, 1.165) is 0 Å². The number of rotatable bonds is 5. The Labute approximate surface area is 107 Å². The first kappa shape index (κ1) is 14.4. The smallest absolute Gasteiger partial charge is 0.253 e. The summed E-state index contributed by atoms with van der Waals surface area (Å²) in [6.45, 7) is 2.42. The average Bonchev–Trinajstić information content (AvgIpc) is 2.37. The van der Waals surface area contributed by atoms with Gasteiger partial charge in [0.25, 0.3) is 5.91 Å². The van der Waals surface area contributed by atoms with Gasteiger partial charge >= 0.3 is 0 Å². The zero-order valence-corrected chi connectivity index (χ0v) is 10.9. The number of carbonyl (C=O) groups is 1. The summed E-state index contributed by atoms with van der Waals surface area (Å²) >= 11 is 0. The molecule has 5 heteroatoms. The van der Waals surface area contributed by atoms with E-state index in [4.69, 9.17) is 10.5 Å². The molecule has 1 rings (SSSR count). The van der Waals surface area contributed by atoms with Crippen molar-refractivity contribution in [3.8, 4) is 5.75 Å². The van der Waals surface area contributed by atoms with Gasteiger partial charge in [0, 0.05) is 18.7 Å². The van der Waals surface area contributed by atoms with E-state index in [1.54, 1.807) is 18.0 Å². The number of ether oxygens (including phenoxy) is 1. The van der Waals surface area contributed by atoms with Gasteiger partial charge in [-0.2, -0.15) is 0 Å². The predicted octanol–water partition coefficient (Wildman–Crippen LogP) is 1.64. The van der Waals surface area contributed by atoms with Gasteiger partial charge in [-0.15, -0.1) is 0 Å². The van der Waals surface area contributed by atoms with Gasteiger partial charge in [-0.1, -0.05) is 0 Å². The van der Waals surface area contributed by atoms with E-state index in [-0.39, 0.29) is 17.7 Å². The van der Waals surface area contributed by atoms with E-state index in [1.807, 2.05) is 6.92 Å². The molecule has 0 bridgehead atoms. The summed E-state index contributed by atoms with van der Waals surface area (Å²) < 4.78 is 18.3. The molecule has 18 heavy (non-hydrogen) atoms. The molecule has 0 saturated carbocycles. The maximum absolute atomic E-state index is 13.5. The SMILES string of the molecule is COc1ccc(C(=O)N(C)C(C)CCN)cc1F. The van der Waals surface area contributed by atoms with Crippen LogP contribution in [0.15, 0.2) is 18.2 Å². The summed E-state index contributed by atoms with van der Waals surface area (Å²) in [5, 5.41) is 0. The Morgan fingerprint density at radius 2 is 2.22 bits per heavy atom. The monoisotopic (exact) mass is 254 g/mol. The number of methoxy groups -OCH3 is 1. The fraction of sp³-hybridized carbons (Fsp3) is 0.462. The Balaban J connectivity index is 2.87. The summed E-state index contributed by atoms with van der Waals surface area (Å²) in [6, 6.07) is 4.21. The lowest BCUT2D eigenvalue weighted by atomic mass is 10.1. The lowest BCUT2D eigenvalue weighted by Gasteiger charge is -2.24. The molecule has 1 aromatic rings. The van der Waals surface area contributed by atoms with Gasteiger partial charge in [0.2, 0.25) is 0 Å². The van der Waals surface area contributed by atoms with Crippen LogP contribution in [0.3, 0.4) is 0 Å². The topological polar surface area (TPSA) is 55.6 Å². The fourth-order valence-electron chi connectivity index (χ4n) is 1.64. The summed E-state index contributed by atoms with van der Waals surface area (Å²) in [5.41, 5.74) is 5.76. The predicted molar refractivity (Wildman–Crippen MR) is 68.2 cm³/mol. The van der Waals surface area contributed by atoms with Gasteiger partial charge < -0.3 is 15.4 Å². The van der Waals surface area contributed by atoms with Crippen molar-refractivity contribution in [1.29, 1.82) is 0 Å². The van der Waals surface area contributed by atoms with Crippen LogP contribution < -0.4 is 10.5 Å². The molecule has 0 saturated heterocycles. The van der Waals surface area contributed by atoms with Crippen LogP contribution in [0, 0.1) is 5.82 Å². The molecule has 0 heterocycles. The summed E-state index contributed by atoms with van der Waals surface area (Å²) in [5.74, 6) is -0.634. The van der Waals surface area contributed by atoms with E-state index in [2.05, 4.69) is 0 Å². The van der Waals surface area contributed by atoms with Gasteiger partial charge in [0.15, 0.2) is 11.6 Å². The van der Waals surface area contributed by atoms with Crippen LogP contribution in [-0.4, -0.2) is 37.6 Å². The highest BCUT2D eigenvalue weighted by atomic mass is 19.1. The van der Waals surface area contributed by atoms with Crippen molar-refractivity contribution in [3.63, 3.8) is 0 Å². The van der Waals surface area contributed by atoms with Gasteiger partial charge in [0.1, 0.15) is 0 Å². The fourth-order valence-corrected chi connectivity index (χ4v) is 1.64. The number of halogens is 1. The zero-order chi connectivity index (χ0) is 13.7. The van der Waals surface area contributed by atoms with Crippen LogP contribution in [0.25, 0.3) is 0 Å². The van der Waals surface area contributed by atoms with Crippen LogP contribution >= 0.6 is 0 Å². The van der Waals surface area contributed by atoms with Crippen molar-refractivity contribution < 1.29 is 13.9 Å². The Morgan fingerprint density at radius 1 is 1.56 bits per heavy atom. The first-order chi connectivity index (χ1) is 8.51. The number of nitrogens with two attached hydrogens (primary N) is 1. The van der Waals surface area contributed by atoms with E-state index in [9.17, 15) is 9.18 Å². The molecule has 0 aliphatic carbocycles. The second-order valence-electron chi connectivity index (χ2n) is 4.19. The van der Waals surface area contributed by atoms with Crippen molar-refractivity contribution in [3.05, 3.63) is 29.6 Å². The number of benzene rings is 1. The Hall–Kier alpha value is -1.62. The highest BCUT2D eigenvalue weighted by Crippen LogP contribution is 2.19. The molecule has 2 N–H and O–H groups in total. The Bertz CT molecular complexity index is 423. The van der Waals surface area contributed by atoms with Gasteiger partial charge in [0.05, 0.1) is 7.11 Å². The number of carbonyl (C=O) groups excluding carboxylic acids is 1. The molecule has 0 spiro atoms. The number of amides is 1. The van der Waals surface area contributed by atoms with Crippen LogP contribution in [0.4, 0.5) is 4.39 Å². The average molecular weight is 254 g/mol. The zero-order valence-electron chi connectivity index (χ0n) is 10.9. The molecule has 0 fully saturated rings. The third-order valence-corrected chi connectivity index (χ3v) is 2.96. The van der Waals surface area contributed by atoms with Crippen LogP contribution in [0.1, 0.15) is 23.7 Å². The molecular weight excluding hydrogens is 235 g/mol. The Morgan fingerprint density at radius 3 is 2.72 bits per heavy atom. The lowest BCUT2D eigenvalue weighted by molar-refractivity contribution is 0.0738. The van der Waals surface area contributed by atoms with Gasteiger partial charge in [-0.05, 0) is 38.1 Å². The molecule has 0 aromatic heterocycles. The lowest BCUT2D eigenvalue weighted by Crippen LogP contribution is -2.36.